The molecule has 2 aromatic rings. The second kappa shape index (κ2) is 13.6. The van der Waals surface area contributed by atoms with Crippen LogP contribution in [0.4, 0.5) is 24.1 Å². The van der Waals surface area contributed by atoms with E-state index in [-0.39, 0.29) is 30.1 Å². The Morgan fingerprint density at radius 1 is 1.10 bits per heavy atom. The molecular weight excluding hydrogens is 548 g/mol. The molecule has 1 saturated heterocycles. The number of imide groups is 1. The zero-order valence-corrected chi connectivity index (χ0v) is 23.6. The minimum atomic E-state index is -1.52. The highest BCUT2D eigenvalue weighted by Gasteiger charge is 2.47. The molecule has 2 aromatic carbocycles. The zero-order chi connectivity index (χ0) is 30.4. The summed E-state index contributed by atoms with van der Waals surface area (Å²) < 4.78 is 28.4. The summed E-state index contributed by atoms with van der Waals surface area (Å²) in [5, 5.41) is 15.4. The summed E-state index contributed by atoms with van der Waals surface area (Å²) in [4.78, 5) is 56.4. The van der Waals surface area contributed by atoms with Gasteiger partial charge in [-0.1, -0.05) is 25.1 Å². The third-order valence-corrected chi connectivity index (χ3v) is 7.72. The van der Waals surface area contributed by atoms with Crippen molar-refractivity contribution in [3.8, 4) is 0 Å². The lowest BCUT2D eigenvalue weighted by atomic mass is 9.85. The number of anilines is 1. The molecule has 224 valence electrons. The van der Waals surface area contributed by atoms with Crippen LogP contribution >= 0.6 is 0 Å². The lowest BCUT2D eigenvalue weighted by Gasteiger charge is -2.37. The van der Waals surface area contributed by atoms with Crippen LogP contribution in [0.5, 0.6) is 0 Å². The van der Waals surface area contributed by atoms with E-state index in [4.69, 9.17) is 0 Å². The number of aliphatic imine (C=N–C) groups is 1. The number of carboxylic acid groups (broad SMARTS) is 1. The Labute approximate surface area is 242 Å². The number of aliphatic carboxylic acids is 1. The van der Waals surface area contributed by atoms with Gasteiger partial charge in [-0.05, 0) is 75.0 Å². The fourth-order valence-corrected chi connectivity index (χ4v) is 5.69. The van der Waals surface area contributed by atoms with Gasteiger partial charge in [-0.25, -0.2) is 28.3 Å². The van der Waals surface area contributed by atoms with Crippen molar-refractivity contribution in [1.29, 1.82) is 0 Å². The van der Waals surface area contributed by atoms with Crippen LogP contribution in [0.1, 0.15) is 62.6 Å². The van der Waals surface area contributed by atoms with Crippen molar-refractivity contribution in [3.05, 3.63) is 65.2 Å². The van der Waals surface area contributed by atoms with Gasteiger partial charge in [0.1, 0.15) is 17.6 Å². The van der Waals surface area contributed by atoms with Gasteiger partial charge in [0, 0.05) is 36.5 Å². The maximum absolute atomic E-state index is 14.8. The number of benzene rings is 2. The lowest BCUT2D eigenvalue weighted by Crippen LogP contribution is -2.53. The Balaban J connectivity index is 1.35. The van der Waals surface area contributed by atoms with Gasteiger partial charge in [-0.3, -0.25) is 9.59 Å². The van der Waals surface area contributed by atoms with E-state index in [2.05, 4.69) is 26.6 Å². The van der Waals surface area contributed by atoms with Crippen LogP contribution in [0.3, 0.4) is 0 Å². The van der Waals surface area contributed by atoms with Gasteiger partial charge in [0.05, 0.1) is 6.04 Å². The van der Waals surface area contributed by atoms with E-state index >= 15 is 0 Å². The monoisotopic (exact) mass is 583 g/mol. The van der Waals surface area contributed by atoms with E-state index in [1.54, 1.807) is 6.92 Å². The van der Waals surface area contributed by atoms with E-state index in [0.29, 0.717) is 29.8 Å². The first kappa shape index (κ1) is 30.8. The quantitative estimate of drug-likeness (QED) is 0.359. The number of hydrogen-bond donors (Lipinski definition) is 3. The van der Waals surface area contributed by atoms with Crippen molar-refractivity contribution in [2.75, 3.05) is 31.5 Å². The van der Waals surface area contributed by atoms with Crippen LogP contribution in [0.25, 0.3) is 0 Å². The number of amides is 5. The molecule has 12 heteroatoms. The average molecular weight is 584 g/mol. The highest BCUT2D eigenvalue weighted by Crippen LogP contribution is 2.37. The van der Waals surface area contributed by atoms with Gasteiger partial charge in [0.15, 0.2) is 0 Å². The number of nitrogens with one attached hydrogen (secondary N) is 2. The first-order valence-corrected chi connectivity index (χ1v) is 14.0. The van der Waals surface area contributed by atoms with Crippen LogP contribution in [-0.2, 0) is 9.59 Å². The van der Waals surface area contributed by atoms with E-state index < -0.39 is 41.6 Å². The Hall–Kier alpha value is -4.19. The predicted octanol–water partition coefficient (Wildman–Crippen LogP) is 4.93. The second-order valence-electron chi connectivity index (χ2n) is 10.5. The molecule has 0 radical (unpaired) electrons. The summed E-state index contributed by atoms with van der Waals surface area (Å²) in [5.41, 5.74) is 1.69. The number of carbonyl (C=O) groups excluding carboxylic acids is 3. The van der Waals surface area contributed by atoms with Crippen LogP contribution in [-0.4, -0.2) is 70.7 Å². The first-order valence-electron chi connectivity index (χ1n) is 14.0. The largest absolute Gasteiger partial charge is 0.481 e. The number of carbonyl (C=O) groups is 4. The third kappa shape index (κ3) is 7.17. The summed E-state index contributed by atoms with van der Waals surface area (Å²) in [6.45, 7) is 5.69. The number of piperidine rings is 1. The molecule has 0 saturated carbocycles. The van der Waals surface area contributed by atoms with E-state index in [9.17, 15) is 33.1 Å². The highest BCUT2D eigenvalue weighted by molar-refractivity contribution is 6.11. The SMILES string of the molecule is CCC1=NC(=O)N(C(=O)NCCCN2CCC(c3cccc(NC(C)=O)c3)CC2)C(c2ccc(F)cc2F)C1C(=O)O. The summed E-state index contributed by atoms with van der Waals surface area (Å²) in [5.74, 6) is -4.51. The molecule has 2 heterocycles. The first-order chi connectivity index (χ1) is 20.1. The molecule has 10 nitrogen and oxygen atoms in total. The summed E-state index contributed by atoms with van der Waals surface area (Å²) in [6.07, 6.45) is 2.56. The summed E-state index contributed by atoms with van der Waals surface area (Å²) >= 11 is 0. The van der Waals surface area contributed by atoms with Crippen molar-refractivity contribution in [2.45, 2.75) is 51.5 Å². The smallest absolute Gasteiger partial charge is 0.352 e. The van der Waals surface area contributed by atoms with E-state index in [1.165, 1.54) is 12.5 Å². The standard InChI is InChI=1S/C30H35F2N5O5/c1-3-25-26(28(39)40)27(23-9-8-21(31)17-24(23)32)37(30(42)35-25)29(41)33-12-5-13-36-14-10-19(11-15-36)20-6-4-7-22(16-20)34-18(2)38/h4,6-9,16-17,19,26-27H,3,5,10-15H2,1-2H3,(H,33,41)(H,34,38)(H,39,40). The highest BCUT2D eigenvalue weighted by atomic mass is 19.1. The molecule has 2 unspecified atom stereocenters. The van der Waals surface area contributed by atoms with Crippen molar-refractivity contribution >= 4 is 35.3 Å². The summed E-state index contributed by atoms with van der Waals surface area (Å²) in [6, 6.07) is 7.06. The molecule has 42 heavy (non-hydrogen) atoms. The second-order valence-corrected chi connectivity index (χ2v) is 10.5. The number of nitrogens with zero attached hydrogens (tertiary/aromatic N) is 3. The fraction of sp³-hybridized carbons (Fsp3) is 0.433. The average Bonchev–Trinajstić information content (AvgIpc) is 2.94. The molecule has 2 aliphatic heterocycles. The Kier molecular flexibility index (Phi) is 10.00. The molecule has 0 aliphatic carbocycles. The fourth-order valence-electron chi connectivity index (χ4n) is 5.69. The van der Waals surface area contributed by atoms with Gasteiger partial charge in [0.25, 0.3) is 0 Å². The van der Waals surface area contributed by atoms with Crippen LogP contribution in [0.2, 0.25) is 0 Å². The molecule has 3 N–H and O–H groups in total. The molecular formula is C30H35F2N5O5. The van der Waals surface area contributed by atoms with E-state index in [0.717, 1.165) is 43.8 Å². The van der Waals surface area contributed by atoms with Crippen molar-refractivity contribution in [3.63, 3.8) is 0 Å². The number of halogens is 2. The minimum Gasteiger partial charge on any atom is -0.481 e. The van der Waals surface area contributed by atoms with Gasteiger partial charge in [-0.2, -0.15) is 0 Å². The molecule has 4 rings (SSSR count). The van der Waals surface area contributed by atoms with Crippen molar-refractivity contribution < 1.29 is 33.1 Å². The Bertz CT molecular complexity index is 1380. The van der Waals surface area contributed by atoms with Crippen LogP contribution < -0.4 is 10.6 Å². The van der Waals surface area contributed by atoms with Gasteiger partial charge in [-0.15, -0.1) is 0 Å². The minimum absolute atomic E-state index is 0.00974. The van der Waals surface area contributed by atoms with Crippen LogP contribution in [0.15, 0.2) is 47.5 Å². The molecule has 1 fully saturated rings. The van der Waals surface area contributed by atoms with Gasteiger partial charge in [0.2, 0.25) is 5.91 Å². The lowest BCUT2D eigenvalue weighted by molar-refractivity contribution is -0.141. The number of urea groups is 2. The number of hydrogen-bond acceptors (Lipinski definition) is 5. The number of likely N-dealkylation sites (tertiary alicyclic amines) is 1. The molecule has 0 spiro atoms. The topological polar surface area (TPSA) is 131 Å². The Morgan fingerprint density at radius 2 is 1.83 bits per heavy atom. The van der Waals surface area contributed by atoms with Crippen molar-refractivity contribution in [1.82, 2.24) is 15.1 Å². The Morgan fingerprint density at radius 3 is 2.48 bits per heavy atom. The van der Waals surface area contributed by atoms with E-state index in [1.807, 2.05) is 18.2 Å². The van der Waals surface area contributed by atoms with Crippen molar-refractivity contribution in [2.24, 2.45) is 10.9 Å². The predicted molar refractivity (Wildman–Crippen MR) is 152 cm³/mol. The molecule has 0 bridgehead atoms. The number of carboxylic acids is 1. The molecule has 2 atom stereocenters. The molecule has 5 amide bonds. The zero-order valence-electron chi connectivity index (χ0n) is 23.6. The van der Waals surface area contributed by atoms with Gasteiger partial charge >= 0.3 is 18.0 Å². The molecule has 2 aliphatic rings. The van der Waals surface area contributed by atoms with Gasteiger partial charge < -0.3 is 20.6 Å². The maximum Gasteiger partial charge on any atom is 0.352 e. The third-order valence-electron chi connectivity index (χ3n) is 7.72. The maximum atomic E-state index is 14.8. The van der Waals surface area contributed by atoms with Crippen LogP contribution in [0, 0.1) is 17.6 Å². The number of rotatable bonds is 9. The normalized spacial score (nSPS) is 19.8. The summed E-state index contributed by atoms with van der Waals surface area (Å²) in [7, 11) is 0. The molecule has 0 aromatic heterocycles.